The largest absolute Gasteiger partial charge is 0.481 e. The predicted octanol–water partition coefficient (Wildman–Crippen LogP) is 0.965. The molecule has 1 amide bonds. The summed E-state index contributed by atoms with van der Waals surface area (Å²) < 4.78 is 0. The molecule has 1 saturated carbocycles. The van der Waals surface area contributed by atoms with Crippen molar-refractivity contribution >= 4 is 23.6 Å². The number of carboxylic acids is 1. The van der Waals surface area contributed by atoms with Gasteiger partial charge in [0.05, 0.1) is 11.8 Å². The summed E-state index contributed by atoms with van der Waals surface area (Å²) in [6, 6.07) is 0.123. The van der Waals surface area contributed by atoms with Gasteiger partial charge < -0.3 is 10.4 Å². The summed E-state index contributed by atoms with van der Waals surface area (Å²) in [5.74, 6) is 0.207. The molecule has 5 heteroatoms. The molecule has 15 heavy (non-hydrogen) atoms. The van der Waals surface area contributed by atoms with Gasteiger partial charge in [-0.2, -0.15) is 11.8 Å². The second-order valence-corrected chi connectivity index (χ2v) is 5.17. The number of nitrogens with one attached hydrogen (secondary N) is 1. The molecule has 0 aromatic heterocycles. The molecule has 0 saturated heterocycles. The summed E-state index contributed by atoms with van der Waals surface area (Å²) in [5, 5.41) is 11.5. The summed E-state index contributed by atoms with van der Waals surface area (Å²) in [7, 11) is 0. The van der Waals surface area contributed by atoms with Crippen molar-refractivity contribution in [1.82, 2.24) is 5.32 Å². The number of hydrogen-bond donors (Lipinski definition) is 2. The first kappa shape index (κ1) is 12.4. The number of carbonyl (C=O) groups is 2. The van der Waals surface area contributed by atoms with Gasteiger partial charge in [0, 0.05) is 11.8 Å². The fourth-order valence-corrected chi connectivity index (χ4v) is 2.12. The van der Waals surface area contributed by atoms with E-state index >= 15 is 0 Å². The smallest absolute Gasteiger partial charge is 0.307 e. The third kappa shape index (κ3) is 3.74. The van der Waals surface area contributed by atoms with Crippen LogP contribution < -0.4 is 5.32 Å². The van der Waals surface area contributed by atoms with Crippen LogP contribution >= 0.6 is 11.8 Å². The highest BCUT2D eigenvalue weighted by Gasteiger charge is 2.48. The van der Waals surface area contributed by atoms with Gasteiger partial charge in [-0.05, 0) is 19.1 Å². The Morgan fingerprint density at radius 2 is 2.20 bits per heavy atom. The molecule has 0 radical (unpaired) electrons. The molecular weight excluding hydrogens is 214 g/mol. The van der Waals surface area contributed by atoms with Crippen molar-refractivity contribution in [3.05, 3.63) is 0 Å². The van der Waals surface area contributed by atoms with Crippen LogP contribution in [0, 0.1) is 11.8 Å². The first-order chi connectivity index (χ1) is 7.06. The molecule has 2 N–H and O–H groups in total. The van der Waals surface area contributed by atoms with Gasteiger partial charge in [-0.25, -0.2) is 0 Å². The number of thioether (sulfide) groups is 1. The summed E-state index contributed by atoms with van der Waals surface area (Å²) in [4.78, 5) is 22.1. The monoisotopic (exact) mass is 231 g/mol. The summed E-state index contributed by atoms with van der Waals surface area (Å²) >= 11 is 1.77. The van der Waals surface area contributed by atoms with Gasteiger partial charge >= 0.3 is 5.97 Å². The zero-order chi connectivity index (χ0) is 11.4. The maximum absolute atomic E-state index is 11.5. The van der Waals surface area contributed by atoms with E-state index < -0.39 is 11.9 Å². The SMILES string of the molecule is CCSCC(C)NC(=O)C1CC1C(=O)O. The molecule has 0 heterocycles. The lowest BCUT2D eigenvalue weighted by atomic mass is 10.3. The average molecular weight is 231 g/mol. The number of aliphatic carboxylic acids is 1. The van der Waals surface area contributed by atoms with Crippen molar-refractivity contribution in [1.29, 1.82) is 0 Å². The fraction of sp³-hybridized carbons (Fsp3) is 0.800. The van der Waals surface area contributed by atoms with E-state index in [1.54, 1.807) is 11.8 Å². The van der Waals surface area contributed by atoms with E-state index in [9.17, 15) is 9.59 Å². The molecule has 3 unspecified atom stereocenters. The van der Waals surface area contributed by atoms with E-state index in [2.05, 4.69) is 12.2 Å². The lowest BCUT2D eigenvalue weighted by molar-refractivity contribution is -0.140. The third-order valence-corrected chi connectivity index (χ3v) is 3.55. The quantitative estimate of drug-likeness (QED) is 0.714. The number of amides is 1. The van der Waals surface area contributed by atoms with Gasteiger partial charge in [0.15, 0.2) is 0 Å². The van der Waals surface area contributed by atoms with Gasteiger partial charge in [-0.3, -0.25) is 9.59 Å². The van der Waals surface area contributed by atoms with E-state index in [0.717, 1.165) is 11.5 Å². The Hall–Kier alpha value is -0.710. The molecule has 1 aliphatic rings. The van der Waals surface area contributed by atoms with Crippen LogP contribution in [0.5, 0.6) is 0 Å². The third-order valence-electron chi connectivity index (χ3n) is 2.41. The molecule has 1 fully saturated rings. The Morgan fingerprint density at radius 3 is 2.67 bits per heavy atom. The van der Waals surface area contributed by atoms with E-state index in [1.165, 1.54) is 0 Å². The average Bonchev–Trinajstić information content (AvgIpc) is 2.93. The first-order valence-corrected chi connectivity index (χ1v) is 6.32. The predicted molar refractivity (Wildman–Crippen MR) is 59.8 cm³/mol. The first-order valence-electron chi connectivity index (χ1n) is 5.17. The minimum atomic E-state index is -0.856. The summed E-state index contributed by atoms with van der Waals surface area (Å²) in [6.45, 7) is 4.01. The molecule has 0 aliphatic heterocycles. The van der Waals surface area contributed by atoms with Gasteiger partial charge in [0.2, 0.25) is 5.91 Å². The van der Waals surface area contributed by atoms with E-state index in [1.807, 2.05) is 6.92 Å². The van der Waals surface area contributed by atoms with Crippen LogP contribution in [0.25, 0.3) is 0 Å². The zero-order valence-electron chi connectivity index (χ0n) is 9.03. The number of carbonyl (C=O) groups excluding carboxylic acids is 1. The Labute approximate surface area is 93.8 Å². The molecular formula is C10H17NO3S. The lowest BCUT2D eigenvalue weighted by Gasteiger charge is -2.12. The standard InChI is InChI=1S/C10H17NO3S/c1-3-15-5-6(2)11-9(12)7-4-8(7)10(13)14/h6-8H,3-5H2,1-2H3,(H,11,12)(H,13,14). The topological polar surface area (TPSA) is 66.4 Å². The van der Waals surface area contributed by atoms with E-state index in [-0.39, 0.29) is 17.9 Å². The van der Waals surface area contributed by atoms with Crippen LogP contribution in [0.15, 0.2) is 0 Å². The van der Waals surface area contributed by atoms with Gasteiger partial charge in [-0.1, -0.05) is 6.92 Å². The molecule has 3 atom stereocenters. The normalized spacial score (nSPS) is 25.7. The Balaban J connectivity index is 2.22. The number of carboxylic acid groups (broad SMARTS) is 1. The van der Waals surface area contributed by atoms with Crippen molar-refractivity contribution < 1.29 is 14.7 Å². The highest BCUT2D eigenvalue weighted by molar-refractivity contribution is 7.99. The lowest BCUT2D eigenvalue weighted by Crippen LogP contribution is -2.36. The van der Waals surface area contributed by atoms with Crippen LogP contribution in [0.2, 0.25) is 0 Å². The van der Waals surface area contributed by atoms with Gasteiger partial charge in [-0.15, -0.1) is 0 Å². The molecule has 0 spiro atoms. The molecule has 1 aliphatic carbocycles. The summed E-state index contributed by atoms with van der Waals surface area (Å²) in [6.07, 6.45) is 0.495. The second-order valence-electron chi connectivity index (χ2n) is 3.86. The summed E-state index contributed by atoms with van der Waals surface area (Å²) in [5.41, 5.74) is 0. The minimum absolute atomic E-state index is 0.105. The highest BCUT2D eigenvalue weighted by Crippen LogP contribution is 2.38. The molecule has 0 aromatic rings. The van der Waals surface area contributed by atoms with Crippen molar-refractivity contribution in [3.8, 4) is 0 Å². The Bertz CT molecular complexity index is 257. The maximum Gasteiger partial charge on any atom is 0.307 e. The van der Waals surface area contributed by atoms with E-state index in [0.29, 0.717) is 6.42 Å². The van der Waals surface area contributed by atoms with Crippen molar-refractivity contribution in [3.63, 3.8) is 0 Å². The molecule has 4 nitrogen and oxygen atoms in total. The molecule has 86 valence electrons. The molecule has 1 rings (SSSR count). The van der Waals surface area contributed by atoms with Crippen LogP contribution in [-0.4, -0.2) is 34.5 Å². The molecule has 0 aromatic carbocycles. The number of rotatable bonds is 6. The van der Waals surface area contributed by atoms with Crippen LogP contribution in [0.4, 0.5) is 0 Å². The van der Waals surface area contributed by atoms with Crippen molar-refractivity contribution in [2.75, 3.05) is 11.5 Å². The molecule has 0 bridgehead atoms. The Kier molecular flexibility index (Phi) is 4.45. The van der Waals surface area contributed by atoms with Crippen molar-refractivity contribution in [2.24, 2.45) is 11.8 Å². The van der Waals surface area contributed by atoms with Crippen LogP contribution in [0.1, 0.15) is 20.3 Å². The van der Waals surface area contributed by atoms with Crippen LogP contribution in [0.3, 0.4) is 0 Å². The Morgan fingerprint density at radius 1 is 1.53 bits per heavy atom. The minimum Gasteiger partial charge on any atom is -0.481 e. The maximum atomic E-state index is 11.5. The number of hydrogen-bond acceptors (Lipinski definition) is 3. The second kappa shape index (κ2) is 5.39. The zero-order valence-corrected chi connectivity index (χ0v) is 9.84. The fourth-order valence-electron chi connectivity index (χ4n) is 1.44. The van der Waals surface area contributed by atoms with Gasteiger partial charge in [0.1, 0.15) is 0 Å². The van der Waals surface area contributed by atoms with Gasteiger partial charge in [0.25, 0.3) is 0 Å². The van der Waals surface area contributed by atoms with E-state index in [4.69, 9.17) is 5.11 Å². The highest BCUT2D eigenvalue weighted by atomic mass is 32.2. The van der Waals surface area contributed by atoms with Crippen LogP contribution in [-0.2, 0) is 9.59 Å². The van der Waals surface area contributed by atoms with Crippen molar-refractivity contribution in [2.45, 2.75) is 26.3 Å².